The van der Waals surface area contributed by atoms with Crippen molar-refractivity contribution in [3.05, 3.63) is 70.3 Å². The summed E-state index contributed by atoms with van der Waals surface area (Å²) in [6.45, 7) is 0.696. The fraction of sp³-hybridized carbons (Fsp3) is 0.345. The van der Waals surface area contributed by atoms with Crippen LogP contribution in [0.5, 0.6) is 5.75 Å². The van der Waals surface area contributed by atoms with E-state index in [1.54, 1.807) is 50.8 Å². The molecule has 3 aromatic rings. The van der Waals surface area contributed by atoms with Gasteiger partial charge in [-0.05, 0) is 37.1 Å². The summed E-state index contributed by atoms with van der Waals surface area (Å²) in [6.07, 6.45) is 2.93. The van der Waals surface area contributed by atoms with E-state index in [4.69, 9.17) is 17.0 Å². The van der Waals surface area contributed by atoms with Gasteiger partial charge in [-0.15, -0.1) is 0 Å². The van der Waals surface area contributed by atoms with Crippen molar-refractivity contribution in [3.63, 3.8) is 0 Å². The predicted octanol–water partition coefficient (Wildman–Crippen LogP) is 1.85. The molecule has 14 nitrogen and oxygen atoms in total. The number of β-lactam (4-membered cyclic amide) rings is 1. The number of carbonyl (C=O) groups is 3. The van der Waals surface area contributed by atoms with Crippen molar-refractivity contribution in [1.82, 2.24) is 19.1 Å². The SMILES string of the molecule is O=C(COc1ccccc1)N[C@H]1C(=O)N(S(=O)(=O)O)C1SC(=S)N1CCN(c2cc3c(cc2F)c(=O)c(C(=O)O)cn3C2CC2)CC1. The highest BCUT2D eigenvalue weighted by atomic mass is 32.2. The molecular formula is C29H28FN5O9S3. The highest BCUT2D eigenvalue weighted by Crippen LogP contribution is 2.39. The van der Waals surface area contributed by atoms with E-state index in [1.165, 1.54) is 6.20 Å². The monoisotopic (exact) mass is 705 g/mol. The number of pyridine rings is 1. The molecule has 2 aliphatic heterocycles. The summed E-state index contributed by atoms with van der Waals surface area (Å²) < 4.78 is 56.5. The Balaban J connectivity index is 1.13. The molecule has 2 aromatic carbocycles. The molecule has 0 radical (unpaired) electrons. The van der Waals surface area contributed by atoms with Crippen LogP contribution >= 0.6 is 24.0 Å². The highest BCUT2D eigenvalue weighted by Gasteiger charge is 2.55. The molecule has 2 amide bonds. The van der Waals surface area contributed by atoms with E-state index in [-0.39, 0.29) is 51.9 Å². The topological polar surface area (TPSA) is 179 Å². The van der Waals surface area contributed by atoms with Crippen LogP contribution in [0.15, 0.2) is 53.5 Å². The van der Waals surface area contributed by atoms with Crippen molar-refractivity contribution in [3.8, 4) is 5.75 Å². The first-order chi connectivity index (χ1) is 22.3. The van der Waals surface area contributed by atoms with E-state index in [9.17, 15) is 37.3 Å². The Kier molecular flexibility index (Phi) is 8.86. The number of aromatic carboxylic acids is 1. The van der Waals surface area contributed by atoms with Crippen molar-refractivity contribution in [1.29, 1.82) is 0 Å². The minimum absolute atomic E-state index is 0.0130. The number of carbonyl (C=O) groups excluding carboxylic acids is 2. The Hall–Kier alpha value is -4.26. The van der Waals surface area contributed by atoms with Crippen LogP contribution in [0.25, 0.3) is 10.9 Å². The van der Waals surface area contributed by atoms with Crippen LogP contribution in [0, 0.1) is 5.82 Å². The number of nitrogens with one attached hydrogen (secondary N) is 1. The Labute approximate surface area is 276 Å². The van der Waals surface area contributed by atoms with Crippen LogP contribution in [-0.4, -0.2) is 98.2 Å². The lowest BCUT2D eigenvalue weighted by atomic mass is 10.1. The normalized spacial score (nSPS) is 19.8. The second kappa shape index (κ2) is 12.7. The van der Waals surface area contributed by atoms with Gasteiger partial charge in [-0.3, -0.25) is 18.9 Å². The third-order valence-corrected chi connectivity index (χ3v) is 10.8. The number of ether oxygens (including phenoxy) is 1. The van der Waals surface area contributed by atoms with Crippen molar-refractivity contribution in [2.24, 2.45) is 0 Å². The maximum Gasteiger partial charge on any atom is 0.363 e. The number of thioether (sulfide) groups is 1. The second-order valence-electron chi connectivity index (χ2n) is 11.1. The number of thiocarbonyl (C=S) groups is 1. The molecule has 6 rings (SSSR count). The Morgan fingerprint density at radius 2 is 1.77 bits per heavy atom. The maximum absolute atomic E-state index is 15.4. The highest BCUT2D eigenvalue weighted by molar-refractivity contribution is 8.23. The number of fused-ring (bicyclic) bond motifs is 1. The summed E-state index contributed by atoms with van der Waals surface area (Å²) >= 11 is 6.35. The summed E-state index contributed by atoms with van der Waals surface area (Å²) in [5, 5.41) is 10.7. The molecule has 0 spiro atoms. The van der Waals surface area contributed by atoms with Crippen LogP contribution in [0.2, 0.25) is 0 Å². The van der Waals surface area contributed by atoms with Gasteiger partial charge in [0.15, 0.2) is 6.61 Å². The van der Waals surface area contributed by atoms with Gasteiger partial charge in [0.1, 0.15) is 32.9 Å². The number of carboxylic acid groups (broad SMARTS) is 1. The van der Waals surface area contributed by atoms with Gasteiger partial charge in [0.25, 0.3) is 11.8 Å². The van der Waals surface area contributed by atoms with Crippen molar-refractivity contribution < 1.29 is 41.6 Å². The zero-order valence-electron chi connectivity index (χ0n) is 24.4. The number of rotatable bonds is 9. The van der Waals surface area contributed by atoms with Crippen LogP contribution in [-0.2, 0) is 19.9 Å². The lowest BCUT2D eigenvalue weighted by molar-refractivity contribution is -0.142. The Bertz CT molecular complexity index is 1950. The summed E-state index contributed by atoms with van der Waals surface area (Å²) in [6, 6.07) is 9.81. The van der Waals surface area contributed by atoms with Crippen LogP contribution in [0.3, 0.4) is 0 Å². The number of amides is 2. The molecule has 3 N–H and O–H groups in total. The summed E-state index contributed by atoms with van der Waals surface area (Å²) in [5.41, 5.74) is -0.502. The first-order valence-corrected chi connectivity index (χ1v) is 17.1. The zero-order valence-corrected chi connectivity index (χ0v) is 26.9. The largest absolute Gasteiger partial charge is 0.484 e. The van der Waals surface area contributed by atoms with Gasteiger partial charge in [0.2, 0.25) is 5.43 Å². The zero-order chi connectivity index (χ0) is 33.6. The molecule has 1 aliphatic carbocycles. The van der Waals surface area contributed by atoms with Crippen LogP contribution < -0.4 is 20.4 Å². The Morgan fingerprint density at radius 1 is 1.09 bits per heavy atom. The summed E-state index contributed by atoms with van der Waals surface area (Å²) in [7, 11) is -4.95. The number of hydrogen-bond acceptors (Lipinski definition) is 10. The van der Waals surface area contributed by atoms with Gasteiger partial charge in [-0.25, -0.2) is 9.18 Å². The number of carboxylic acids is 1. The van der Waals surface area contributed by atoms with E-state index in [0.29, 0.717) is 11.3 Å². The summed E-state index contributed by atoms with van der Waals surface area (Å²) in [4.78, 5) is 53.1. The molecule has 18 heteroatoms. The molecule has 2 atom stereocenters. The lowest BCUT2D eigenvalue weighted by Crippen LogP contribution is -2.71. The Morgan fingerprint density at radius 3 is 2.38 bits per heavy atom. The average molecular weight is 706 g/mol. The number of anilines is 1. The van der Waals surface area contributed by atoms with E-state index in [1.807, 2.05) is 0 Å². The first-order valence-electron chi connectivity index (χ1n) is 14.4. The van der Waals surface area contributed by atoms with Gasteiger partial charge in [-0.1, -0.05) is 42.2 Å². The quantitative estimate of drug-likeness (QED) is 0.167. The molecular weight excluding hydrogens is 678 g/mol. The number of halogens is 1. The standard InChI is InChI=1S/C29H28FN5O9S3/c30-20-12-18-21(34(16-6-7-16)14-19(25(18)37)28(39)40)13-22(20)32-8-10-33(11-9-32)29(45)46-27-24(26(38)35(27)47(41,42)43)31-23(36)15-44-17-4-2-1-3-5-17/h1-5,12-14,16,24,27H,6-11,15H2,(H,31,36)(H,39,40)(H,41,42,43)/t24-,27?/m0/s1. The van der Waals surface area contributed by atoms with Gasteiger partial charge in [0, 0.05) is 43.8 Å². The van der Waals surface area contributed by atoms with E-state index < -0.39 is 62.9 Å². The fourth-order valence-electron chi connectivity index (χ4n) is 5.53. The van der Waals surface area contributed by atoms with Crippen molar-refractivity contribution in [2.45, 2.75) is 30.3 Å². The fourth-order valence-corrected chi connectivity index (χ4v) is 8.25. The summed E-state index contributed by atoms with van der Waals surface area (Å²) in [5.74, 6) is -3.36. The van der Waals surface area contributed by atoms with Gasteiger partial charge in [-0.2, -0.15) is 12.7 Å². The van der Waals surface area contributed by atoms with Crippen LogP contribution in [0.4, 0.5) is 10.1 Å². The first kappa shape index (κ1) is 32.7. The number of hydrogen-bond donors (Lipinski definition) is 3. The number of piperazine rings is 1. The molecule has 2 saturated heterocycles. The molecule has 3 aliphatic rings. The minimum atomic E-state index is -4.95. The van der Waals surface area contributed by atoms with Crippen LogP contribution in [0.1, 0.15) is 29.2 Å². The lowest BCUT2D eigenvalue weighted by Gasteiger charge is -2.45. The maximum atomic E-state index is 15.4. The van der Waals surface area contributed by atoms with E-state index in [0.717, 1.165) is 30.7 Å². The molecule has 3 heterocycles. The second-order valence-corrected chi connectivity index (χ2v) is 14.2. The molecule has 47 heavy (non-hydrogen) atoms. The molecule has 3 fully saturated rings. The van der Waals surface area contributed by atoms with E-state index in [2.05, 4.69) is 5.32 Å². The number of aromatic nitrogens is 1. The number of benzene rings is 2. The third kappa shape index (κ3) is 6.63. The van der Waals surface area contributed by atoms with Crippen molar-refractivity contribution >= 4 is 73.0 Å². The molecule has 1 unspecified atom stereocenters. The predicted molar refractivity (Wildman–Crippen MR) is 173 cm³/mol. The van der Waals surface area contributed by atoms with Gasteiger partial charge in [0.05, 0.1) is 11.2 Å². The van der Waals surface area contributed by atoms with Gasteiger partial charge >= 0.3 is 16.3 Å². The smallest absolute Gasteiger partial charge is 0.363 e. The molecule has 248 valence electrons. The number of para-hydroxylation sites is 1. The average Bonchev–Trinajstić information content (AvgIpc) is 3.88. The molecule has 1 aromatic heterocycles. The molecule has 1 saturated carbocycles. The van der Waals surface area contributed by atoms with Crippen molar-refractivity contribution in [2.75, 3.05) is 37.7 Å². The number of nitrogens with zero attached hydrogens (tertiary/aromatic N) is 4. The molecule has 0 bridgehead atoms. The third-order valence-electron chi connectivity index (χ3n) is 8.05. The van der Waals surface area contributed by atoms with E-state index >= 15 is 4.39 Å². The van der Waals surface area contributed by atoms with Gasteiger partial charge < -0.3 is 29.5 Å². The minimum Gasteiger partial charge on any atom is -0.484 e.